The normalized spacial score (nSPS) is 16.5. The fraction of sp³-hybridized carbons (Fsp3) is 0.438. The Labute approximate surface area is 136 Å². The second-order valence-corrected chi connectivity index (χ2v) is 6.08. The van der Waals surface area contributed by atoms with Gasteiger partial charge in [-0.3, -0.25) is 4.79 Å². The molecule has 0 radical (unpaired) electrons. The number of alkyl halides is 3. The number of amides is 1. The molecule has 1 fully saturated rings. The lowest BCUT2D eigenvalue weighted by Crippen LogP contribution is -2.46. The topological polar surface area (TPSA) is 59.8 Å². The summed E-state index contributed by atoms with van der Waals surface area (Å²) in [5, 5.41) is 6.66. The van der Waals surface area contributed by atoms with E-state index in [4.69, 9.17) is 0 Å². The largest absolute Gasteiger partial charge is 0.416 e. The van der Waals surface area contributed by atoms with Crippen LogP contribution in [0.1, 0.15) is 30.4 Å². The summed E-state index contributed by atoms with van der Waals surface area (Å²) >= 11 is 0. The van der Waals surface area contributed by atoms with Crippen LogP contribution < -0.4 is 5.32 Å². The van der Waals surface area contributed by atoms with Crippen LogP contribution in [0.4, 0.5) is 13.2 Å². The van der Waals surface area contributed by atoms with Crippen LogP contribution in [0.2, 0.25) is 0 Å². The molecule has 0 unspecified atom stereocenters. The van der Waals surface area contributed by atoms with Crippen LogP contribution in [-0.4, -0.2) is 27.2 Å². The van der Waals surface area contributed by atoms with E-state index in [1.165, 1.54) is 29.5 Å². The molecule has 3 rings (SSSR count). The van der Waals surface area contributed by atoms with Crippen LogP contribution in [0.3, 0.4) is 0 Å². The SMILES string of the molecule is O=C(Cn1cncn1)NCC1(c2cccc(C(F)(F)F)c2)CCC1. The number of hydrogen-bond donors (Lipinski definition) is 1. The summed E-state index contributed by atoms with van der Waals surface area (Å²) in [7, 11) is 0. The zero-order valence-electron chi connectivity index (χ0n) is 12.9. The highest BCUT2D eigenvalue weighted by atomic mass is 19.4. The molecule has 1 aliphatic rings. The Hall–Kier alpha value is -2.38. The van der Waals surface area contributed by atoms with Gasteiger partial charge in [-0.05, 0) is 24.5 Å². The fourth-order valence-electron chi connectivity index (χ4n) is 2.98. The predicted molar refractivity (Wildman–Crippen MR) is 80.0 cm³/mol. The number of carbonyl (C=O) groups excluding carboxylic acids is 1. The molecule has 5 nitrogen and oxygen atoms in total. The van der Waals surface area contributed by atoms with Gasteiger partial charge in [-0.1, -0.05) is 24.6 Å². The Kier molecular flexibility index (Phi) is 4.29. The Morgan fingerprint density at radius 2 is 2.12 bits per heavy atom. The molecule has 2 aromatic rings. The van der Waals surface area contributed by atoms with E-state index in [2.05, 4.69) is 15.4 Å². The van der Waals surface area contributed by atoms with E-state index in [1.807, 2.05) is 0 Å². The molecule has 1 saturated carbocycles. The quantitative estimate of drug-likeness (QED) is 0.911. The molecular formula is C16H17F3N4O. The van der Waals surface area contributed by atoms with Gasteiger partial charge >= 0.3 is 6.18 Å². The average molecular weight is 338 g/mol. The maximum absolute atomic E-state index is 12.9. The zero-order valence-corrected chi connectivity index (χ0v) is 12.9. The van der Waals surface area contributed by atoms with Crippen molar-refractivity contribution in [3.8, 4) is 0 Å². The molecule has 0 bridgehead atoms. The van der Waals surface area contributed by atoms with Crippen LogP contribution in [-0.2, 0) is 22.9 Å². The first-order valence-electron chi connectivity index (χ1n) is 7.66. The monoisotopic (exact) mass is 338 g/mol. The molecule has 0 aliphatic heterocycles. The second kappa shape index (κ2) is 6.26. The van der Waals surface area contributed by atoms with Crippen molar-refractivity contribution >= 4 is 5.91 Å². The van der Waals surface area contributed by atoms with E-state index < -0.39 is 17.2 Å². The maximum Gasteiger partial charge on any atom is 0.416 e. The van der Waals surface area contributed by atoms with Gasteiger partial charge < -0.3 is 5.32 Å². The van der Waals surface area contributed by atoms with E-state index in [9.17, 15) is 18.0 Å². The number of halogens is 3. The maximum atomic E-state index is 12.9. The van der Waals surface area contributed by atoms with E-state index in [0.29, 0.717) is 12.1 Å². The van der Waals surface area contributed by atoms with Crippen LogP contribution in [0, 0.1) is 0 Å². The van der Waals surface area contributed by atoms with Gasteiger partial charge in [-0.25, -0.2) is 9.67 Å². The summed E-state index contributed by atoms with van der Waals surface area (Å²) in [6.07, 6.45) is 0.872. The van der Waals surface area contributed by atoms with Crippen molar-refractivity contribution in [2.45, 2.75) is 37.4 Å². The smallest absolute Gasteiger partial charge is 0.354 e. The van der Waals surface area contributed by atoms with Crippen molar-refractivity contribution in [1.82, 2.24) is 20.1 Å². The van der Waals surface area contributed by atoms with Crippen molar-refractivity contribution in [2.24, 2.45) is 0 Å². The Bertz CT molecular complexity index is 708. The summed E-state index contributed by atoms with van der Waals surface area (Å²) < 4.78 is 40.2. The third kappa shape index (κ3) is 3.42. The van der Waals surface area contributed by atoms with Gasteiger partial charge in [0, 0.05) is 12.0 Å². The zero-order chi connectivity index (χ0) is 17.2. The minimum Gasteiger partial charge on any atom is -0.354 e. The fourth-order valence-corrected chi connectivity index (χ4v) is 2.98. The van der Waals surface area contributed by atoms with E-state index in [1.54, 1.807) is 6.07 Å². The Balaban J connectivity index is 1.69. The highest BCUT2D eigenvalue weighted by molar-refractivity contribution is 5.75. The standard InChI is InChI=1S/C16H17F3N4O/c17-16(18,19)13-4-1-3-12(7-13)15(5-2-6-15)9-21-14(24)8-23-11-20-10-22-23/h1,3-4,7,10-11H,2,5-6,8-9H2,(H,21,24). The van der Waals surface area contributed by atoms with Crippen LogP contribution >= 0.6 is 0 Å². The first kappa shape index (κ1) is 16.5. The van der Waals surface area contributed by atoms with Gasteiger partial charge in [-0.2, -0.15) is 18.3 Å². The van der Waals surface area contributed by atoms with Crippen LogP contribution in [0.15, 0.2) is 36.9 Å². The number of carbonyl (C=O) groups is 1. The number of nitrogens with one attached hydrogen (secondary N) is 1. The highest BCUT2D eigenvalue weighted by Crippen LogP contribution is 2.44. The summed E-state index contributed by atoms with van der Waals surface area (Å²) in [6, 6.07) is 5.40. The van der Waals surface area contributed by atoms with Gasteiger partial charge in [0.15, 0.2) is 0 Å². The van der Waals surface area contributed by atoms with Gasteiger partial charge in [0.1, 0.15) is 19.2 Å². The molecular weight excluding hydrogens is 321 g/mol. The van der Waals surface area contributed by atoms with Gasteiger partial charge in [0.25, 0.3) is 0 Å². The minimum absolute atomic E-state index is 0.0403. The molecule has 1 amide bonds. The first-order chi connectivity index (χ1) is 11.4. The number of benzene rings is 1. The molecule has 1 aromatic carbocycles. The van der Waals surface area contributed by atoms with Crippen molar-refractivity contribution in [2.75, 3.05) is 6.54 Å². The Morgan fingerprint density at radius 1 is 1.33 bits per heavy atom. The van der Waals surface area contributed by atoms with Crippen molar-refractivity contribution in [3.63, 3.8) is 0 Å². The average Bonchev–Trinajstić information content (AvgIpc) is 2.98. The van der Waals surface area contributed by atoms with Gasteiger partial charge in [0.05, 0.1) is 5.56 Å². The molecule has 0 spiro atoms. The van der Waals surface area contributed by atoms with Crippen LogP contribution in [0.5, 0.6) is 0 Å². The molecule has 0 atom stereocenters. The second-order valence-electron chi connectivity index (χ2n) is 6.08. The third-order valence-electron chi connectivity index (χ3n) is 4.51. The van der Waals surface area contributed by atoms with E-state index >= 15 is 0 Å². The molecule has 1 heterocycles. The summed E-state index contributed by atoms with van der Waals surface area (Å²) in [4.78, 5) is 15.7. The van der Waals surface area contributed by atoms with Crippen molar-refractivity contribution in [1.29, 1.82) is 0 Å². The molecule has 1 aliphatic carbocycles. The van der Waals surface area contributed by atoms with Gasteiger partial charge in [-0.15, -0.1) is 0 Å². The molecule has 1 aromatic heterocycles. The minimum atomic E-state index is -4.36. The van der Waals surface area contributed by atoms with E-state index in [-0.39, 0.29) is 12.5 Å². The summed E-state index contributed by atoms with van der Waals surface area (Å²) in [6.45, 7) is 0.362. The lowest BCUT2D eigenvalue weighted by Gasteiger charge is -2.43. The molecule has 8 heteroatoms. The summed E-state index contributed by atoms with van der Waals surface area (Å²) in [5.74, 6) is -0.237. The lowest BCUT2D eigenvalue weighted by molar-refractivity contribution is -0.137. The van der Waals surface area contributed by atoms with Crippen molar-refractivity contribution in [3.05, 3.63) is 48.0 Å². The highest BCUT2D eigenvalue weighted by Gasteiger charge is 2.40. The number of hydrogen-bond acceptors (Lipinski definition) is 3. The predicted octanol–water partition coefficient (Wildman–Crippen LogP) is 2.54. The van der Waals surface area contributed by atoms with Crippen molar-refractivity contribution < 1.29 is 18.0 Å². The first-order valence-corrected chi connectivity index (χ1v) is 7.66. The molecule has 24 heavy (non-hydrogen) atoms. The molecule has 128 valence electrons. The molecule has 0 saturated heterocycles. The Morgan fingerprint density at radius 3 is 2.71 bits per heavy atom. The number of rotatable bonds is 5. The lowest BCUT2D eigenvalue weighted by atomic mass is 9.64. The number of aromatic nitrogens is 3. The third-order valence-corrected chi connectivity index (χ3v) is 4.51. The van der Waals surface area contributed by atoms with E-state index in [0.717, 1.165) is 25.3 Å². The van der Waals surface area contributed by atoms with Gasteiger partial charge in [0.2, 0.25) is 5.91 Å². The van der Waals surface area contributed by atoms with Crippen LogP contribution in [0.25, 0.3) is 0 Å². The number of nitrogens with zero attached hydrogens (tertiary/aromatic N) is 3. The molecule has 1 N–H and O–H groups in total. The summed E-state index contributed by atoms with van der Waals surface area (Å²) in [5.41, 5.74) is -0.441.